The fourth-order valence-electron chi connectivity index (χ4n) is 2.51. The fraction of sp³-hybridized carbons (Fsp3) is 0.176. The van der Waals surface area contributed by atoms with Crippen molar-refractivity contribution in [1.29, 1.82) is 0 Å². The van der Waals surface area contributed by atoms with Crippen LogP contribution in [-0.2, 0) is 7.05 Å². The lowest BCUT2D eigenvalue weighted by molar-refractivity contribution is 0.394. The molecule has 0 unspecified atom stereocenters. The Labute approximate surface area is 138 Å². The minimum atomic E-state index is -0.136. The maximum absolute atomic E-state index is 12.6. The van der Waals surface area contributed by atoms with E-state index < -0.39 is 0 Å². The van der Waals surface area contributed by atoms with Crippen LogP contribution in [0.25, 0.3) is 22.0 Å². The molecule has 0 saturated carbocycles. The molecule has 5 nitrogen and oxygen atoms in total. The summed E-state index contributed by atoms with van der Waals surface area (Å²) in [7, 11) is 4.89. The number of halogens is 1. The lowest BCUT2D eigenvalue weighted by Crippen LogP contribution is -2.18. The second kappa shape index (κ2) is 5.93. The van der Waals surface area contributed by atoms with Crippen molar-refractivity contribution in [3.63, 3.8) is 0 Å². The summed E-state index contributed by atoms with van der Waals surface area (Å²) in [6.07, 6.45) is 1.60. The van der Waals surface area contributed by atoms with Crippen LogP contribution in [0, 0.1) is 0 Å². The zero-order chi connectivity index (χ0) is 16.6. The van der Waals surface area contributed by atoms with Gasteiger partial charge in [0.15, 0.2) is 0 Å². The zero-order valence-electron chi connectivity index (χ0n) is 13.0. The lowest BCUT2D eigenvalue weighted by atomic mass is 10.1. The standard InChI is InChI=1S/C17H15ClN2O3/c1-20-15(10-4-12(22-2)7-13(5-10)23-3)6-11-9-19-16(18)8-14(11)17(20)21/h4-9H,1-3H3. The molecule has 0 radical (unpaired) electrons. The zero-order valence-corrected chi connectivity index (χ0v) is 13.7. The molecule has 0 aliphatic carbocycles. The smallest absolute Gasteiger partial charge is 0.258 e. The summed E-state index contributed by atoms with van der Waals surface area (Å²) in [6, 6.07) is 8.96. The molecule has 0 amide bonds. The van der Waals surface area contributed by atoms with E-state index in [-0.39, 0.29) is 5.56 Å². The molecule has 118 valence electrons. The van der Waals surface area contributed by atoms with Crippen LogP contribution in [0.4, 0.5) is 0 Å². The summed E-state index contributed by atoms with van der Waals surface area (Å²) < 4.78 is 12.2. The van der Waals surface area contributed by atoms with Crippen LogP contribution in [-0.4, -0.2) is 23.8 Å². The molecule has 0 aliphatic heterocycles. The van der Waals surface area contributed by atoms with Gasteiger partial charge < -0.3 is 14.0 Å². The summed E-state index contributed by atoms with van der Waals surface area (Å²) in [6.45, 7) is 0. The number of pyridine rings is 2. The molecule has 0 saturated heterocycles. The third-order valence-electron chi connectivity index (χ3n) is 3.74. The maximum atomic E-state index is 12.6. The van der Waals surface area contributed by atoms with Crippen LogP contribution in [0.15, 0.2) is 41.3 Å². The second-order valence-corrected chi connectivity index (χ2v) is 5.48. The Hall–Kier alpha value is -2.53. The van der Waals surface area contributed by atoms with E-state index in [0.29, 0.717) is 22.0 Å². The average molecular weight is 331 g/mol. The number of nitrogens with zero attached hydrogens (tertiary/aromatic N) is 2. The maximum Gasteiger partial charge on any atom is 0.258 e. The Morgan fingerprint density at radius 3 is 2.30 bits per heavy atom. The molecular formula is C17H15ClN2O3. The molecule has 2 heterocycles. The molecule has 0 spiro atoms. The van der Waals surface area contributed by atoms with E-state index in [4.69, 9.17) is 21.1 Å². The summed E-state index contributed by atoms with van der Waals surface area (Å²) in [4.78, 5) is 16.6. The molecule has 6 heteroatoms. The van der Waals surface area contributed by atoms with Gasteiger partial charge in [-0.15, -0.1) is 0 Å². The summed E-state index contributed by atoms with van der Waals surface area (Å²) in [5, 5.41) is 1.56. The van der Waals surface area contributed by atoms with E-state index in [0.717, 1.165) is 16.6 Å². The number of hydrogen-bond donors (Lipinski definition) is 0. The highest BCUT2D eigenvalue weighted by Crippen LogP contribution is 2.30. The van der Waals surface area contributed by atoms with Gasteiger partial charge in [0.1, 0.15) is 16.7 Å². The van der Waals surface area contributed by atoms with E-state index in [9.17, 15) is 4.79 Å². The fourth-order valence-corrected chi connectivity index (χ4v) is 2.67. The molecule has 0 N–H and O–H groups in total. The van der Waals surface area contributed by atoms with Crippen LogP contribution in [0.1, 0.15) is 0 Å². The van der Waals surface area contributed by atoms with E-state index in [1.807, 2.05) is 18.2 Å². The van der Waals surface area contributed by atoms with Crippen LogP contribution in [0.2, 0.25) is 5.15 Å². The van der Waals surface area contributed by atoms with Crippen LogP contribution < -0.4 is 15.0 Å². The van der Waals surface area contributed by atoms with Gasteiger partial charge in [-0.2, -0.15) is 0 Å². The number of hydrogen-bond acceptors (Lipinski definition) is 4. The Bertz CT molecular complexity index is 928. The van der Waals surface area contributed by atoms with E-state index in [1.165, 1.54) is 0 Å². The van der Waals surface area contributed by atoms with Gasteiger partial charge in [0, 0.05) is 30.3 Å². The van der Waals surface area contributed by atoms with Gasteiger partial charge in [-0.05, 0) is 24.3 Å². The minimum absolute atomic E-state index is 0.136. The highest BCUT2D eigenvalue weighted by Gasteiger charge is 2.11. The normalized spacial score (nSPS) is 10.8. The van der Waals surface area contributed by atoms with Gasteiger partial charge in [0.05, 0.1) is 25.3 Å². The molecule has 3 aromatic rings. The van der Waals surface area contributed by atoms with Crippen LogP contribution >= 0.6 is 11.6 Å². The second-order valence-electron chi connectivity index (χ2n) is 5.09. The Kier molecular flexibility index (Phi) is 3.96. The van der Waals surface area contributed by atoms with Gasteiger partial charge >= 0.3 is 0 Å². The highest BCUT2D eigenvalue weighted by atomic mass is 35.5. The molecule has 3 rings (SSSR count). The predicted molar refractivity (Wildman–Crippen MR) is 90.5 cm³/mol. The lowest BCUT2D eigenvalue weighted by Gasteiger charge is -2.13. The predicted octanol–water partition coefficient (Wildman–Crippen LogP) is 3.27. The summed E-state index contributed by atoms with van der Waals surface area (Å²) in [5.41, 5.74) is 1.42. The first-order chi connectivity index (χ1) is 11.0. The first-order valence-corrected chi connectivity index (χ1v) is 7.30. The van der Waals surface area contributed by atoms with Gasteiger partial charge in [-0.3, -0.25) is 4.79 Å². The SMILES string of the molecule is COc1cc(OC)cc(-c2cc3cnc(Cl)cc3c(=O)n2C)c1. The number of aromatic nitrogens is 2. The summed E-state index contributed by atoms with van der Waals surface area (Å²) in [5.74, 6) is 1.31. The van der Waals surface area contributed by atoms with Crippen molar-refractivity contribution >= 4 is 22.4 Å². The molecule has 0 bridgehead atoms. The first-order valence-electron chi connectivity index (χ1n) is 6.92. The third kappa shape index (κ3) is 2.75. The third-order valence-corrected chi connectivity index (χ3v) is 3.94. The molecule has 23 heavy (non-hydrogen) atoms. The monoisotopic (exact) mass is 330 g/mol. The van der Waals surface area contributed by atoms with E-state index in [2.05, 4.69) is 4.98 Å². The van der Waals surface area contributed by atoms with Gasteiger partial charge in [0.25, 0.3) is 5.56 Å². The van der Waals surface area contributed by atoms with Gasteiger partial charge in [-0.25, -0.2) is 4.98 Å². The molecule has 0 atom stereocenters. The Balaban J connectivity index is 2.30. The number of ether oxygens (including phenoxy) is 2. The van der Waals surface area contributed by atoms with Crippen molar-refractivity contribution in [3.8, 4) is 22.8 Å². The molecular weight excluding hydrogens is 316 g/mol. The quantitative estimate of drug-likeness (QED) is 0.692. The topological polar surface area (TPSA) is 53.4 Å². The number of benzene rings is 1. The molecule has 0 aliphatic rings. The minimum Gasteiger partial charge on any atom is -0.497 e. The molecule has 2 aromatic heterocycles. The first kappa shape index (κ1) is 15.4. The largest absolute Gasteiger partial charge is 0.497 e. The van der Waals surface area contributed by atoms with Crippen molar-refractivity contribution in [1.82, 2.24) is 9.55 Å². The molecule has 1 aromatic carbocycles. The summed E-state index contributed by atoms with van der Waals surface area (Å²) >= 11 is 5.89. The van der Waals surface area contributed by atoms with Crippen molar-refractivity contribution < 1.29 is 9.47 Å². The van der Waals surface area contributed by atoms with E-state index >= 15 is 0 Å². The number of rotatable bonds is 3. The molecule has 0 fully saturated rings. The van der Waals surface area contributed by atoms with Gasteiger partial charge in [0.2, 0.25) is 0 Å². The van der Waals surface area contributed by atoms with Crippen molar-refractivity contribution in [3.05, 3.63) is 52.0 Å². The van der Waals surface area contributed by atoms with E-state index in [1.54, 1.807) is 44.2 Å². The van der Waals surface area contributed by atoms with Crippen LogP contribution in [0.5, 0.6) is 11.5 Å². The average Bonchev–Trinajstić information content (AvgIpc) is 2.58. The van der Waals surface area contributed by atoms with Crippen molar-refractivity contribution in [2.24, 2.45) is 7.05 Å². The number of methoxy groups -OCH3 is 2. The van der Waals surface area contributed by atoms with Crippen LogP contribution in [0.3, 0.4) is 0 Å². The Morgan fingerprint density at radius 2 is 1.70 bits per heavy atom. The number of fused-ring (bicyclic) bond motifs is 1. The van der Waals surface area contributed by atoms with Gasteiger partial charge in [-0.1, -0.05) is 11.6 Å². The van der Waals surface area contributed by atoms with Crippen molar-refractivity contribution in [2.75, 3.05) is 14.2 Å². The Morgan fingerprint density at radius 1 is 1.04 bits per heavy atom. The highest BCUT2D eigenvalue weighted by molar-refractivity contribution is 6.30. The van der Waals surface area contributed by atoms with Crippen molar-refractivity contribution in [2.45, 2.75) is 0 Å².